The molecule has 0 aliphatic heterocycles. The van der Waals surface area contributed by atoms with Crippen molar-refractivity contribution in [2.75, 3.05) is 10.2 Å². The topological polar surface area (TPSA) is 150 Å². The van der Waals surface area contributed by atoms with Crippen LogP contribution < -0.4 is 10.2 Å². The molecule has 1 saturated carbocycles. The van der Waals surface area contributed by atoms with Gasteiger partial charge in [0.25, 0.3) is 0 Å². The Morgan fingerprint density at radius 3 is 1.96 bits per heavy atom. The number of hydrogen-bond acceptors (Lipinski definition) is 10. The lowest BCUT2D eigenvalue weighted by atomic mass is 10.2. The summed E-state index contributed by atoms with van der Waals surface area (Å²) in [5.41, 5.74) is 7.26. The number of aryl methyl sites for hydroxylation is 4. The molecule has 0 spiro atoms. The molecule has 7 rings (SSSR count). The third-order valence-electron chi connectivity index (χ3n) is 7.33. The first-order valence-corrected chi connectivity index (χ1v) is 14.7. The number of imidazole rings is 2. The van der Waals surface area contributed by atoms with Crippen LogP contribution in [0.15, 0.2) is 49.3 Å². The average Bonchev–Trinajstić information content (AvgIpc) is 3.69. The Hall–Kier alpha value is -5.30. The Labute approximate surface area is 268 Å². The summed E-state index contributed by atoms with van der Waals surface area (Å²) >= 11 is 12.6. The van der Waals surface area contributed by atoms with Gasteiger partial charge in [0.1, 0.15) is 46.2 Å². The quantitative estimate of drug-likeness (QED) is 0.224. The van der Waals surface area contributed by atoms with Gasteiger partial charge in [-0.25, -0.2) is 29.9 Å². The lowest BCUT2D eigenvalue weighted by molar-refractivity contribution is 0.907. The molecule has 0 unspecified atom stereocenters. The second-order valence-corrected chi connectivity index (χ2v) is 11.5. The molecule has 6 aromatic heterocycles. The molecule has 0 radical (unpaired) electrons. The summed E-state index contributed by atoms with van der Waals surface area (Å²) in [6.45, 7) is 3.88. The van der Waals surface area contributed by atoms with Crippen LogP contribution in [0.1, 0.15) is 35.4 Å². The van der Waals surface area contributed by atoms with Crippen LogP contribution in [0, 0.1) is 36.5 Å². The SMILES string of the molecule is Cc1cc(C#N)ncc1N(c1cc(Cl)c2ncn(C)c2n1)C1CC1.Cc1cc(C#N)ncc1Nc1cc(Cl)c2ncn(C)c2n1. The van der Waals surface area contributed by atoms with E-state index in [1.807, 2.05) is 44.6 Å². The molecule has 1 fully saturated rings. The van der Waals surface area contributed by atoms with Gasteiger partial charge in [0.15, 0.2) is 11.3 Å². The first-order chi connectivity index (χ1) is 21.7. The molecule has 14 heteroatoms. The van der Waals surface area contributed by atoms with Gasteiger partial charge in [0.2, 0.25) is 0 Å². The molecular formula is C31H26Cl2N12. The first kappa shape index (κ1) is 29.8. The maximum Gasteiger partial charge on any atom is 0.163 e. The van der Waals surface area contributed by atoms with Crippen LogP contribution in [0.2, 0.25) is 10.0 Å². The number of nitrogens with one attached hydrogen (secondary N) is 1. The van der Waals surface area contributed by atoms with Crippen molar-refractivity contribution in [3.05, 3.63) is 81.9 Å². The van der Waals surface area contributed by atoms with Gasteiger partial charge in [-0.15, -0.1) is 0 Å². The Balaban J connectivity index is 0.000000160. The molecule has 0 saturated heterocycles. The number of pyridine rings is 4. The molecule has 0 atom stereocenters. The van der Waals surface area contributed by atoms with Gasteiger partial charge >= 0.3 is 0 Å². The highest BCUT2D eigenvalue weighted by Crippen LogP contribution is 2.40. The van der Waals surface area contributed by atoms with E-state index in [-0.39, 0.29) is 0 Å². The molecule has 45 heavy (non-hydrogen) atoms. The predicted molar refractivity (Wildman–Crippen MR) is 173 cm³/mol. The van der Waals surface area contributed by atoms with Gasteiger partial charge in [0, 0.05) is 32.3 Å². The van der Waals surface area contributed by atoms with Crippen molar-refractivity contribution in [2.45, 2.75) is 32.7 Å². The molecule has 1 aliphatic rings. The summed E-state index contributed by atoms with van der Waals surface area (Å²) in [4.78, 5) is 28.2. The zero-order valence-corrected chi connectivity index (χ0v) is 26.3. The second-order valence-electron chi connectivity index (χ2n) is 10.7. The number of rotatable bonds is 5. The van der Waals surface area contributed by atoms with Gasteiger partial charge in [-0.2, -0.15) is 10.5 Å². The molecule has 1 N–H and O–H groups in total. The lowest BCUT2D eigenvalue weighted by Crippen LogP contribution is -2.22. The number of halogens is 2. The number of hydrogen-bond donors (Lipinski definition) is 1. The fraction of sp³-hybridized carbons (Fsp3) is 0.226. The van der Waals surface area contributed by atoms with E-state index in [2.05, 4.69) is 41.2 Å². The maximum absolute atomic E-state index is 9.03. The summed E-state index contributed by atoms with van der Waals surface area (Å²) in [6, 6.07) is 11.6. The van der Waals surface area contributed by atoms with E-state index in [4.69, 9.17) is 38.7 Å². The van der Waals surface area contributed by atoms with Gasteiger partial charge in [-0.05, 0) is 49.9 Å². The van der Waals surface area contributed by atoms with E-state index in [9.17, 15) is 0 Å². The Morgan fingerprint density at radius 1 is 0.800 bits per heavy atom. The zero-order valence-electron chi connectivity index (χ0n) is 24.8. The van der Waals surface area contributed by atoms with Crippen molar-refractivity contribution in [3.8, 4) is 12.1 Å². The van der Waals surface area contributed by atoms with E-state index in [1.165, 1.54) is 0 Å². The van der Waals surface area contributed by atoms with Crippen molar-refractivity contribution in [1.29, 1.82) is 10.5 Å². The van der Waals surface area contributed by atoms with Crippen molar-refractivity contribution in [2.24, 2.45) is 14.1 Å². The summed E-state index contributed by atoms with van der Waals surface area (Å²) < 4.78 is 3.66. The Bertz CT molecular complexity index is 2170. The van der Waals surface area contributed by atoms with Gasteiger partial charge in [0.05, 0.1) is 46.5 Å². The normalized spacial score (nSPS) is 12.4. The average molecular weight is 638 g/mol. The van der Waals surface area contributed by atoms with Crippen LogP contribution in [-0.4, -0.2) is 45.1 Å². The van der Waals surface area contributed by atoms with E-state index in [1.54, 1.807) is 47.8 Å². The highest BCUT2D eigenvalue weighted by molar-refractivity contribution is 6.35. The molecule has 0 amide bonds. The largest absolute Gasteiger partial charge is 0.339 e. The van der Waals surface area contributed by atoms with Crippen LogP contribution in [-0.2, 0) is 14.1 Å². The van der Waals surface area contributed by atoms with Crippen LogP contribution in [0.4, 0.5) is 23.0 Å². The van der Waals surface area contributed by atoms with Gasteiger partial charge in [-0.1, -0.05) is 23.2 Å². The monoisotopic (exact) mass is 636 g/mol. The summed E-state index contributed by atoms with van der Waals surface area (Å²) in [5.74, 6) is 1.39. The highest BCUT2D eigenvalue weighted by Gasteiger charge is 2.33. The Kier molecular flexibility index (Phi) is 7.94. The van der Waals surface area contributed by atoms with Gasteiger partial charge < -0.3 is 19.4 Å². The minimum absolute atomic E-state index is 0.381. The van der Waals surface area contributed by atoms with Crippen molar-refractivity contribution in [1.82, 2.24) is 39.0 Å². The lowest BCUT2D eigenvalue weighted by Gasteiger charge is -2.25. The summed E-state index contributed by atoms with van der Waals surface area (Å²) in [5, 5.41) is 22.1. The fourth-order valence-corrected chi connectivity index (χ4v) is 5.35. The molecule has 12 nitrogen and oxygen atoms in total. The van der Waals surface area contributed by atoms with Crippen LogP contribution in [0.5, 0.6) is 0 Å². The maximum atomic E-state index is 9.03. The molecule has 0 bridgehead atoms. The minimum Gasteiger partial charge on any atom is -0.339 e. The molecule has 6 aromatic rings. The number of fused-ring (bicyclic) bond motifs is 2. The molecular weight excluding hydrogens is 611 g/mol. The van der Waals surface area contributed by atoms with E-state index >= 15 is 0 Å². The van der Waals surface area contributed by atoms with Gasteiger partial charge in [-0.3, -0.25) is 0 Å². The number of aromatic nitrogens is 8. The third kappa shape index (κ3) is 5.94. The molecule has 6 heterocycles. The zero-order chi connectivity index (χ0) is 31.8. The standard InChI is InChI=1S/C17H15ClN6.C14H11ClN6/c1-10-5-11(7-19)20-8-14(10)24(12-3-4-12)15-6-13(18)16-17(22-15)23(2)9-21-16;1-8-3-9(5-16)17-6-11(8)19-12-4-10(15)13-14(20-12)21(2)7-18-13/h5-6,8-9,12H,3-4H2,1-2H3;3-4,6-7H,1-2H3,(H,19,20). The molecule has 1 aliphatic carbocycles. The number of nitrogens with zero attached hydrogens (tertiary/aromatic N) is 11. The predicted octanol–water partition coefficient (Wildman–Crippen LogP) is 6.44. The van der Waals surface area contributed by atoms with E-state index in [0.29, 0.717) is 50.0 Å². The number of nitriles is 2. The molecule has 0 aromatic carbocycles. The van der Waals surface area contributed by atoms with E-state index in [0.717, 1.165) is 46.8 Å². The minimum atomic E-state index is 0.381. The van der Waals surface area contributed by atoms with Crippen LogP contribution in [0.25, 0.3) is 22.3 Å². The molecule has 224 valence electrons. The number of anilines is 4. The van der Waals surface area contributed by atoms with Crippen molar-refractivity contribution < 1.29 is 0 Å². The second kappa shape index (κ2) is 12.0. The first-order valence-electron chi connectivity index (χ1n) is 13.9. The van der Waals surface area contributed by atoms with Crippen LogP contribution in [0.3, 0.4) is 0 Å². The van der Waals surface area contributed by atoms with Crippen LogP contribution >= 0.6 is 23.2 Å². The Morgan fingerprint density at radius 2 is 1.38 bits per heavy atom. The smallest absolute Gasteiger partial charge is 0.163 e. The third-order valence-corrected chi connectivity index (χ3v) is 7.91. The van der Waals surface area contributed by atoms with Crippen molar-refractivity contribution >= 4 is 68.5 Å². The summed E-state index contributed by atoms with van der Waals surface area (Å²) in [7, 11) is 3.76. The van der Waals surface area contributed by atoms with E-state index < -0.39 is 0 Å². The fourth-order valence-electron chi connectivity index (χ4n) is 4.88. The highest BCUT2D eigenvalue weighted by atomic mass is 35.5. The summed E-state index contributed by atoms with van der Waals surface area (Å²) in [6.07, 6.45) is 8.93. The van der Waals surface area contributed by atoms with Crippen molar-refractivity contribution in [3.63, 3.8) is 0 Å².